The average molecular weight is 748 g/mol. The van der Waals surface area contributed by atoms with Crippen LogP contribution in [0.3, 0.4) is 0 Å². The van der Waals surface area contributed by atoms with Gasteiger partial charge in [-0.2, -0.15) is 0 Å². The van der Waals surface area contributed by atoms with Crippen LogP contribution in [0, 0.1) is 11.3 Å². The lowest BCUT2D eigenvalue weighted by Crippen LogP contribution is -2.60. The van der Waals surface area contributed by atoms with Crippen LogP contribution in [0.15, 0.2) is 29.9 Å². The van der Waals surface area contributed by atoms with Gasteiger partial charge in [-0.3, -0.25) is 19.1 Å². The van der Waals surface area contributed by atoms with E-state index < -0.39 is 79.2 Å². The topological polar surface area (TPSA) is 182 Å². The molecule has 0 radical (unpaired) electrons. The Bertz CT molecular complexity index is 1820. The Kier molecular flexibility index (Phi) is 9.18. The van der Waals surface area contributed by atoms with Crippen molar-refractivity contribution in [1.29, 1.82) is 0 Å². The molecule has 1 saturated heterocycles. The molecule has 278 valence electrons. The number of hydrogen-bond acceptors (Lipinski definition) is 10. The van der Waals surface area contributed by atoms with Crippen molar-refractivity contribution >= 4 is 51.2 Å². The highest BCUT2D eigenvalue weighted by Crippen LogP contribution is 2.47. The molecule has 3 heterocycles. The minimum Gasteiger partial charge on any atom is -0.491 e. The monoisotopic (exact) mass is 747 g/mol. The number of alkyl carbamates (subject to hydrolysis) is 1. The highest BCUT2D eigenvalue weighted by Gasteiger charge is 2.63. The van der Waals surface area contributed by atoms with Crippen molar-refractivity contribution in [3.63, 3.8) is 0 Å². The maximum absolute atomic E-state index is 14.6. The second-order valence-corrected chi connectivity index (χ2v) is 18.7. The molecule has 5 aliphatic rings. The van der Waals surface area contributed by atoms with E-state index in [1.807, 2.05) is 6.07 Å². The van der Waals surface area contributed by atoms with Gasteiger partial charge in [-0.25, -0.2) is 13.2 Å². The fraction of sp³-hybridized carbons (Fsp3) is 0.629. The van der Waals surface area contributed by atoms with Crippen LogP contribution in [-0.2, 0) is 40.4 Å². The number of oxime groups is 1. The summed E-state index contributed by atoms with van der Waals surface area (Å²) in [6, 6.07) is 1.39. The molecule has 2 saturated carbocycles. The third-order valence-corrected chi connectivity index (χ3v) is 12.0. The van der Waals surface area contributed by atoms with Crippen molar-refractivity contribution < 1.29 is 41.9 Å². The molecule has 5 atom stereocenters. The number of carbonyl (C=O) groups excluding carboxylic acids is 4. The fourth-order valence-electron chi connectivity index (χ4n) is 6.97. The van der Waals surface area contributed by atoms with E-state index in [4.69, 9.17) is 25.9 Å². The SMILES string of the molecule is C=C[C@@H]1C[C@@]1(NC(=O)[C@@H]1C[C@]2(CC(c3cc(Cl)c4c(c3)CCO4)=NO2)CN1C(=O)[C@@H](NC(=O)OC(C)(C)C)C(C)(C)C)C(=O)NS(=O)(=O)C1CC1. The third-order valence-electron chi connectivity index (χ3n) is 9.92. The summed E-state index contributed by atoms with van der Waals surface area (Å²) in [6.07, 6.45) is 2.66. The number of hydrogen-bond donors (Lipinski definition) is 3. The lowest BCUT2D eigenvalue weighted by Gasteiger charge is -2.36. The van der Waals surface area contributed by atoms with Gasteiger partial charge in [-0.05, 0) is 63.1 Å². The first-order valence-electron chi connectivity index (χ1n) is 17.2. The van der Waals surface area contributed by atoms with Gasteiger partial charge in [-0.1, -0.05) is 43.6 Å². The van der Waals surface area contributed by atoms with E-state index in [0.29, 0.717) is 42.4 Å². The summed E-state index contributed by atoms with van der Waals surface area (Å²) in [5.74, 6) is -1.99. The van der Waals surface area contributed by atoms with Gasteiger partial charge in [-0.15, -0.1) is 6.58 Å². The van der Waals surface area contributed by atoms with Crippen molar-refractivity contribution in [3.8, 4) is 5.75 Å². The standard InChI is InChI=1S/C35H46ClN5O9S/c1-8-21-15-35(21,30(44)40-51(46,47)22-9-10-22)38-28(42)25-17-34(16-24(39-50-34)20-13-19-11-12-48-26(19)23(36)14-20)18-41(25)29(43)27(32(2,3)4)37-31(45)49-33(5,6)7/h8,13-14,21-22,25,27H,1,9-12,15-18H2,2-7H3,(H,37,45)(H,38,42)(H,40,44)/t21-,25+,27-,34-,35+/m1/s1. The first kappa shape index (κ1) is 36.9. The smallest absolute Gasteiger partial charge is 0.408 e. The van der Waals surface area contributed by atoms with Crippen molar-refractivity contribution in [2.24, 2.45) is 16.5 Å². The van der Waals surface area contributed by atoms with E-state index in [0.717, 1.165) is 11.1 Å². The lowest BCUT2D eigenvalue weighted by molar-refractivity contribution is -0.143. The maximum atomic E-state index is 14.6. The number of nitrogens with one attached hydrogen (secondary N) is 3. The Labute approximate surface area is 303 Å². The van der Waals surface area contributed by atoms with Crippen LogP contribution in [0.5, 0.6) is 5.75 Å². The molecule has 1 aromatic rings. The van der Waals surface area contributed by atoms with Gasteiger partial charge >= 0.3 is 6.09 Å². The molecule has 4 amide bonds. The summed E-state index contributed by atoms with van der Waals surface area (Å²) >= 11 is 6.52. The van der Waals surface area contributed by atoms with Crippen LogP contribution < -0.4 is 20.1 Å². The van der Waals surface area contributed by atoms with Crippen LogP contribution in [0.25, 0.3) is 0 Å². The summed E-state index contributed by atoms with van der Waals surface area (Å²) < 4.78 is 38.6. The zero-order valence-electron chi connectivity index (χ0n) is 29.8. The number of nitrogens with zero attached hydrogens (tertiary/aromatic N) is 2. The number of carbonyl (C=O) groups is 4. The number of rotatable bonds is 9. The molecule has 51 heavy (non-hydrogen) atoms. The van der Waals surface area contributed by atoms with Crippen LogP contribution in [0.2, 0.25) is 5.02 Å². The highest BCUT2D eigenvalue weighted by molar-refractivity contribution is 7.91. The molecular weight excluding hydrogens is 702 g/mol. The molecular formula is C35H46ClN5O9S. The predicted molar refractivity (Wildman–Crippen MR) is 188 cm³/mol. The van der Waals surface area contributed by atoms with Crippen LogP contribution in [-0.4, -0.2) is 90.1 Å². The number of benzene rings is 1. The molecule has 0 aromatic heterocycles. The Hall–Kier alpha value is -3.85. The maximum Gasteiger partial charge on any atom is 0.408 e. The molecule has 2 aliphatic carbocycles. The van der Waals surface area contributed by atoms with Crippen molar-refractivity contribution in [3.05, 3.63) is 40.9 Å². The molecule has 16 heteroatoms. The number of fused-ring (bicyclic) bond motifs is 1. The molecule has 0 unspecified atom stereocenters. The zero-order valence-corrected chi connectivity index (χ0v) is 31.3. The molecule has 1 spiro atoms. The minimum absolute atomic E-state index is 0.000511. The molecule has 1 aromatic carbocycles. The predicted octanol–water partition coefficient (Wildman–Crippen LogP) is 3.35. The van der Waals surface area contributed by atoms with Gasteiger partial charge in [0.05, 0.1) is 29.1 Å². The van der Waals surface area contributed by atoms with E-state index in [2.05, 4.69) is 27.1 Å². The summed E-state index contributed by atoms with van der Waals surface area (Å²) in [4.78, 5) is 62.8. The molecule has 6 rings (SSSR count). The number of ether oxygens (including phenoxy) is 2. The lowest BCUT2D eigenvalue weighted by atomic mass is 9.85. The largest absolute Gasteiger partial charge is 0.491 e. The van der Waals surface area contributed by atoms with Crippen molar-refractivity contribution in [2.45, 2.75) is 114 Å². The summed E-state index contributed by atoms with van der Waals surface area (Å²) in [7, 11) is -3.90. The van der Waals surface area contributed by atoms with E-state index >= 15 is 0 Å². The first-order valence-corrected chi connectivity index (χ1v) is 19.1. The summed E-state index contributed by atoms with van der Waals surface area (Å²) in [6.45, 7) is 14.7. The van der Waals surface area contributed by atoms with Gasteiger partial charge in [0.1, 0.15) is 29.0 Å². The molecule has 3 aliphatic heterocycles. The average Bonchev–Trinajstić information content (AvgIpc) is 3.85. The fourth-order valence-corrected chi connectivity index (χ4v) is 8.63. The Morgan fingerprint density at radius 1 is 1.14 bits per heavy atom. The highest BCUT2D eigenvalue weighted by atomic mass is 35.5. The minimum atomic E-state index is -3.90. The van der Waals surface area contributed by atoms with E-state index in [9.17, 15) is 27.6 Å². The summed E-state index contributed by atoms with van der Waals surface area (Å²) in [5, 5.41) is 9.69. The second kappa shape index (κ2) is 12.7. The zero-order chi connectivity index (χ0) is 37.3. The van der Waals surface area contributed by atoms with Gasteiger partial charge < -0.3 is 29.8 Å². The Morgan fingerprint density at radius 2 is 1.84 bits per heavy atom. The second-order valence-electron chi connectivity index (χ2n) is 16.3. The van der Waals surface area contributed by atoms with Crippen LogP contribution in [0.4, 0.5) is 4.79 Å². The number of amides is 4. The number of likely N-dealkylation sites (tertiary alicyclic amines) is 1. The Balaban J connectivity index is 1.29. The van der Waals surface area contributed by atoms with E-state index in [1.165, 1.54) is 11.0 Å². The molecule has 3 N–H and O–H groups in total. The van der Waals surface area contributed by atoms with E-state index in [1.54, 1.807) is 47.6 Å². The molecule has 3 fully saturated rings. The Morgan fingerprint density at radius 3 is 2.45 bits per heavy atom. The van der Waals surface area contributed by atoms with Crippen LogP contribution >= 0.6 is 11.6 Å². The number of halogens is 1. The normalized spacial score (nSPS) is 27.4. The van der Waals surface area contributed by atoms with E-state index in [-0.39, 0.29) is 25.8 Å². The quantitative estimate of drug-likeness (QED) is 0.319. The first-order chi connectivity index (χ1) is 23.7. The van der Waals surface area contributed by atoms with Gasteiger partial charge in [0, 0.05) is 30.7 Å². The third kappa shape index (κ3) is 7.41. The molecule has 0 bridgehead atoms. The van der Waals surface area contributed by atoms with Gasteiger partial charge in [0.15, 0.2) is 5.60 Å². The van der Waals surface area contributed by atoms with Gasteiger partial charge in [0.25, 0.3) is 5.91 Å². The summed E-state index contributed by atoms with van der Waals surface area (Å²) in [5.41, 5.74) is -2.10. The molecule has 14 nitrogen and oxygen atoms in total. The number of sulfonamides is 1. The van der Waals surface area contributed by atoms with Gasteiger partial charge in [0.2, 0.25) is 21.8 Å². The van der Waals surface area contributed by atoms with Crippen molar-refractivity contribution in [2.75, 3.05) is 13.2 Å². The van der Waals surface area contributed by atoms with Crippen molar-refractivity contribution in [1.82, 2.24) is 20.3 Å². The van der Waals surface area contributed by atoms with Crippen LogP contribution in [0.1, 0.15) is 84.8 Å².